The summed E-state index contributed by atoms with van der Waals surface area (Å²) in [7, 11) is 0. The van der Waals surface area contributed by atoms with Crippen LogP contribution in [0.15, 0.2) is 78.2 Å². The van der Waals surface area contributed by atoms with E-state index < -0.39 is 0 Å². The average Bonchev–Trinajstić information content (AvgIpc) is 3.24. The van der Waals surface area contributed by atoms with Crippen LogP contribution in [0, 0.1) is 0 Å². The molecule has 29 heavy (non-hydrogen) atoms. The second-order valence-corrected chi connectivity index (χ2v) is 6.80. The van der Waals surface area contributed by atoms with E-state index in [1.54, 1.807) is 10.9 Å². The average molecular weight is 387 g/mol. The lowest BCUT2D eigenvalue weighted by atomic mass is 10.1. The molecule has 0 radical (unpaired) electrons. The van der Waals surface area contributed by atoms with Crippen molar-refractivity contribution in [1.29, 1.82) is 0 Å². The Labute approximate surface area is 168 Å². The van der Waals surface area contributed by atoms with Crippen molar-refractivity contribution in [3.8, 4) is 5.69 Å². The summed E-state index contributed by atoms with van der Waals surface area (Å²) < 4.78 is 1.76. The van der Waals surface area contributed by atoms with Crippen molar-refractivity contribution in [3.63, 3.8) is 0 Å². The molecule has 0 aliphatic carbocycles. The molecule has 4 rings (SSSR count). The molecule has 0 fully saturated rings. The number of nitrogens with zero attached hydrogens (tertiary/aromatic N) is 4. The van der Waals surface area contributed by atoms with Gasteiger partial charge in [-0.2, -0.15) is 10.2 Å². The predicted molar refractivity (Wildman–Crippen MR) is 109 cm³/mol. The minimum absolute atomic E-state index is 0.0745. The normalized spacial score (nSPS) is 13.9. The zero-order chi connectivity index (χ0) is 20.1. The molecule has 1 aliphatic rings. The Morgan fingerprint density at radius 2 is 1.69 bits per heavy atom. The van der Waals surface area contributed by atoms with Crippen molar-refractivity contribution in [2.45, 2.75) is 25.9 Å². The van der Waals surface area contributed by atoms with Crippen LogP contribution in [0.4, 0.5) is 0 Å². The largest absolute Gasteiger partial charge is 0.347 e. The molecule has 0 atom stereocenters. The quantitative estimate of drug-likeness (QED) is 0.706. The first-order valence-corrected chi connectivity index (χ1v) is 9.48. The van der Waals surface area contributed by atoms with Gasteiger partial charge in [-0.05, 0) is 17.7 Å². The van der Waals surface area contributed by atoms with Crippen LogP contribution in [0.3, 0.4) is 0 Å². The predicted octanol–water partition coefficient (Wildman–Crippen LogP) is 2.67. The van der Waals surface area contributed by atoms with Gasteiger partial charge in [-0.1, -0.05) is 48.5 Å². The van der Waals surface area contributed by atoms with E-state index in [2.05, 4.69) is 15.5 Å². The molecule has 0 unspecified atom stereocenters. The molecule has 7 nitrogen and oxygen atoms in total. The van der Waals surface area contributed by atoms with Crippen molar-refractivity contribution < 1.29 is 9.59 Å². The summed E-state index contributed by atoms with van der Waals surface area (Å²) in [6.45, 7) is 0.706. The number of hydrazone groups is 1. The molecule has 1 aromatic heterocycles. The summed E-state index contributed by atoms with van der Waals surface area (Å²) in [5.74, 6) is -0.336. The van der Waals surface area contributed by atoms with Crippen LogP contribution in [0.2, 0.25) is 0 Å². The van der Waals surface area contributed by atoms with Gasteiger partial charge < -0.3 is 5.32 Å². The lowest BCUT2D eigenvalue weighted by molar-refractivity contribution is -0.132. The van der Waals surface area contributed by atoms with Crippen LogP contribution in [-0.4, -0.2) is 32.3 Å². The fourth-order valence-corrected chi connectivity index (χ4v) is 3.10. The summed E-state index contributed by atoms with van der Waals surface area (Å²) >= 11 is 0. The highest BCUT2D eigenvalue weighted by Crippen LogP contribution is 2.14. The van der Waals surface area contributed by atoms with Gasteiger partial charge in [-0.3, -0.25) is 9.59 Å². The van der Waals surface area contributed by atoms with E-state index in [0.29, 0.717) is 25.2 Å². The van der Waals surface area contributed by atoms with Crippen molar-refractivity contribution >= 4 is 17.5 Å². The van der Waals surface area contributed by atoms with Crippen LogP contribution in [0.25, 0.3) is 5.69 Å². The smallest absolute Gasteiger partial charge is 0.267 e. The molecule has 0 spiro atoms. The maximum absolute atomic E-state index is 12.5. The van der Waals surface area contributed by atoms with E-state index in [0.717, 1.165) is 16.8 Å². The molecular weight excluding hydrogens is 366 g/mol. The number of amides is 2. The highest BCUT2D eigenvalue weighted by atomic mass is 16.2. The SMILES string of the molecule is O=C(NCc1cnn(-c2ccccc2)c1)C1=NN(Cc2ccccc2)C(=O)CC1. The highest BCUT2D eigenvalue weighted by molar-refractivity contribution is 6.39. The third-order valence-electron chi connectivity index (χ3n) is 4.65. The number of carbonyl (C=O) groups is 2. The van der Waals surface area contributed by atoms with E-state index >= 15 is 0 Å². The topological polar surface area (TPSA) is 79.6 Å². The molecule has 7 heteroatoms. The van der Waals surface area contributed by atoms with Crippen LogP contribution in [0.1, 0.15) is 24.0 Å². The van der Waals surface area contributed by atoms with Crippen LogP contribution < -0.4 is 5.32 Å². The number of benzene rings is 2. The Morgan fingerprint density at radius 1 is 0.966 bits per heavy atom. The molecule has 1 aliphatic heterocycles. The van der Waals surface area contributed by atoms with Gasteiger partial charge in [-0.25, -0.2) is 9.69 Å². The number of carbonyl (C=O) groups excluding carboxylic acids is 2. The van der Waals surface area contributed by atoms with E-state index in [1.807, 2.05) is 66.9 Å². The summed E-state index contributed by atoms with van der Waals surface area (Å²) in [5.41, 5.74) is 3.18. The van der Waals surface area contributed by atoms with E-state index in [-0.39, 0.29) is 18.2 Å². The second kappa shape index (κ2) is 8.52. The fraction of sp³-hybridized carbons (Fsp3) is 0.182. The van der Waals surface area contributed by atoms with Gasteiger partial charge in [0.15, 0.2) is 0 Å². The molecule has 1 N–H and O–H groups in total. The van der Waals surface area contributed by atoms with Gasteiger partial charge in [0.05, 0.1) is 18.4 Å². The molecule has 0 saturated carbocycles. The molecule has 0 bridgehead atoms. The van der Waals surface area contributed by atoms with E-state index in [1.165, 1.54) is 5.01 Å². The Bertz CT molecular complexity index is 1030. The van der Waals surface area contributed by atoms with E-state index in [4.69, 9.17) is 0 Å². The number of para-hydroxylation sites is 1. The third kappa shape index (κ3) is 4.57. The van der Waals surface area contributed by atoms with Crippen LogP contribution >= 0.6 is 0 Å². The number of hydrogen-bond acceptors (Lipinski definition) is 4. The molecule has 146 valence electrons. The lowest BCUT2D eigenvalue weighted by Gasteiger charge is -2.23. The first-order chi connectivity index (χ1) is 14.2. The Balaban J connectivity index is 1.38. The lowest BCUT2D eigenvalue weighted by Crippen LogP contribution is -2.38. The standard InChI is InChI=1S/C22H21N5O2/c28-21-12-11-20(25-27(21)15-17-7-3-1-4-8-17)22(29)23-13-18-14-24-26(16-18)19-9-5-2-6-10-19/h1-10,14,16H,11-13,15H2,(H,23,29). The highest BCUT2D eigenvalue weighted by Gasteiger charge is 2.24. The zero-order valence-electron chi connectivity index (χ0n) is 15.9. The Morgan fingerprint density at radius 3 is 2.45 bits per heavy atom. The Kier molecular flexibility index (Phi) is 5.47. The van der Waals surface area contributed by atoms with Gasteiger partial charge in [0, 0.05) is 31.1 Å². The monoisotopic (exact) mass is 387 g/mol. The fourth-order valence-electron chi connectivity index (χ4n) is 3.10. The number of aromatic nitrogens is 2. The number of rotatable bonds is 6. The molecule has 2 heterocycles. The van der Waals surface area contributed by atoms with Gasteiger partial charge >= 0.3 is 0 Å². The molecule has 2 amide bonds. The van der Waals surface area contributed by atoms with Gasteiger partial charge in [-0.15, -0.1) is 0 Å². The Hall–Kier alpha value is -3.74. The summed E-state index contributed by atoms with van der Waals surface area (Å²) in [4.78, 5) is 24.7. The molecular formula is C22H21N5O2. The van der Waals surface area contributed by atoms with Crippen molar-refractivity contribution in [1.82, 2.24) is 20.1 Å². The van der Waals surface area contributed by atoms with Gasteiger partial charge in [0.1, 0.15) is 5.71 Å². The van der Waals surface area contributed by atoms with Crippen molar-refractivity contribution in [3.05, 3.63) is 84.2 Å². The zero-order valence-corrected chi connectivity index (χ0v) is 15.9. The van der Waals surface area contributed by atoms with Gasteiger partial charge in [0.25, 0.3) is 5.91 Å². The summed E-state index contributed by atoms with van der Waals surface area (Å²) in [5, 5.41) is 12.9. The third-order valence-corrected chi connectivity index (χ3v) is 4.65. The molecule has 2 aromatic carbocycles. The number of hydrogen-bond donors (Lipinski definition) is 1. The number of nitrogens with one attached hydrogen (secondary N) is 1. The summed E-state index contributed by atoms with van der Waals surface area (Å²) in [6.07, 6.45) is 4.23. The second-order valence-electron chi connectivity index (χ2n) is 6.80. The summed E-state index contributed by atoms with van der Waals surface area (Å²) in [6, 6.07) is 19.4. The van der Waals surface area contributed by atoms with Crippen LogP contribution in [0.5, 0.6) is 0 Å². The molecule has 3 aromatic rings. The minimum Gasteiger partial charge on any atom is -0.347 e. The minimum atomic E-state index is -0.261. The maximum atomic E-state index is 12.5. The van der Waals surface area contributed by atoms with Gasteiger partial charge in [0.2, 0.25) is 5.91 Å². The van der Waals surface area contributed by atoms with E-state index in [9.17, 15) is 9.59 Å². The van der Waals surface area contributed by atoms with Crippen molar-refractivity contribution in [2.75, 3.05) is 0 Å². The molecule has 0 saturated heterocycles. The van der Waals surface area contributed by atoms with Crippen molar-refractivity contribution in [2.24, 2.45) is 5.10 Å². The van der Waals surface area contributed by atoms with Crippen LogP contribution in [-0.2, 0) is 22.7 Å². The maximum Gasteiger partial charge on any atom is 0.267 e. The first-order valence-electron chi connectivity index (χ1n) is 9.48. The first kappa shape index (κ1) is 18.6.